The molecule has 21 heavy (non-hydrogen) atoms. The SMILES string of the molecule is Cc1cccc(NC(=O)c2ccc3nc[nH]c3c2)c1C#N. The Morgan fingerprint density at radius 2 is 2.19 bits per heavy atom. The van der Waals surface area contributed by atoms with Gasteiger partial charge in [-0.25, -0.2) is 4.98 Å². The third-order valence-electron chi connectivity index (χ3n) is 3.32. The van der Waals surface area contributed by atoms with Crippen molar-refractivity contribution in [3.63, 3.8) is 0 Å². The number of aryl methyl sites for hydroxylation is 1. The van der Waals surface area contributed by atoms with Crippen LogP contribution in [0.3, 0.4) is 0 Å². The summed E-state index contributed by atoms with van der Waals surface area (Å²) < 4.78 is 0. The van der Waals surface area contributed by atoms with Crippen molar-refractivity contribution in [2.75, 3.05) is 5.32 Å². The van der Waals surface area contributed by atoms with Crippen molar-refractivity contribution >= 4 is 22.6 Å². The number of nitrogens with zero attached hydrogens (tertiary/aromatic N) is 2. The van der Waals surface area contributed by atoms with Crippen LogP contribution in [0.2, 0.25) is 0 Å². The van der Waals surface area contributed by atoms with E-state index in [4.69, 9.17) is 0 Å². The molecule has 0 saturated heterocycles. The van der Waals surface area contributed by atoms with Crippen molar-refractivity contribution in [2.45, 2.75) is 6.92 Å². The van der Waals surface area contributed by atoms with Crippen LogP contribution in [0.4, 0.5) is 5.69 Å². The minimum Gasteiger partial charge on any atom is -0.345 e. The highest BCUT2D eigenvalue weighted by Gasteiger charge is 2.11. The molecule has 0 aliphatic heterocycles. The standard InChI is InChI=1S/C16H12N4O/c1-10-3-2-4-13(12(10)8-17)20-16(21)11-5-6-14-15(7-11)19-9-18-14/h2-7,9H,1H3,(H,18,19)(H,20,21). The summed E-state index contributed by atoms with van der Waals surface area (Å²) in [6.45, 7) is 1.84. The fraction of sp³-hybridized carbons (Fsp3) is 0.0625. The number of hydrogen-bond donors (Lipinski definition) is 2. The number of rotatable bonds is 2. The third kappa shape index (κ3) is 2.35. The minimum absolute atomic E-state index is 0.256. The summed E-state index contributed by atoms with van der Waals surface area (Å²) in [6, 6.07) is 12.7. The first kappa shape index (κ1) is 12.9. The van der Waals surface area contributed by atoms with Crippen molar-refractivity contribution in [1.82, 2.24) is 9.97 Å². The maximum Gasteiger partial charge on any atom is 0.255 e. The molecule has 2 N–H and O–H groups in total. The van der Waals surface area contributed by atoms with Gasteiger partial charge in [-0.1, -0.05) is 12.1 Å². The molecule has 0 fully saturated rings. The number of carbonyl (C=O) groups is 1. The van der Waals surface area contributed by atoms with Gasteiger partial charge in [0.15, 0.2) is 0 Å². The molecule has 0 bridgehead atoms. The van der Waals surface area contributed by atoms with Gasteiger partial charge in [0.25, 0.3) is 5.91 Å². The average molecular weight is 276 g/mol. The van der Waals surface area contributed by atoms with Crippen molar-refractivity contribution < 1.29 is 4.79 Å². The number of carbonyl (C=O) groups excluding carboxylic acids is 1. The van der Waals surface area contributed by atoms with E-state index in [2.05, 4.69) is 21.4 Å². The molecular formula is C16H12N4O. The molecule has 3 rings (SSSR count). The second-order valence-electron chi connectivity index (χ2n) is 4.70. The van der Waals surface area contributed by atoms with Crippen LogP contribution in [0, 0.1) is 18.3 Å². The van der Waals surface area contributed by atoms with E-state index in [-0.39, 0.29) is 5.91 Å². The maximum absolute atomic E-state index is 12.3. The van der Waals surface area contributed by atoms with Crippen LogP contribution in [0.15, 0.2) is 42.7 Å². The first-order chi connectivity index (χ1) is 10.2. The van der Waals surface area contributed by atoms with Gasteiger partial charge >= 0.3 is 0 Å². The van der Waals surface area contributed by atoms with Gasteiger partial charge < -0.3 is 10.3 Å². The van der Waals surface area contributed by atoms with Gasteiger partial charge in [0.05, 0.1) is 28.6 Å². The highest BCUT2D eigenvalue weighted by molar-refractivity contribution is 6.06. The molecule has 0 atom stereocenters. The number of nitrogens with one attached hydrogen (secondary N) is 2. The predicted octanol–water partition coefficient (Wildman–Crippen LogP) is 3.00. The third-order valence-corrected chi connectivity index (χ3v) is 3.32. The number of H-pyrrole nitrogens is 1. The molecule has 2 aromatic carbocycles. The Morgan fingerprint density at radius 3 is 3.00 bits per heavy atom. The number of hydrogen-bond acceptors (Lipinski definition) is 3. The normalized spacial score (nSPS) is 10.3. The van der Waals surface area contributed by atoms with Crippen molar-refractivity contribution in [2.24, 2.45) is 0 Å². The summed E-state index contributed by atoms with van der Waals surface area (Å²) in [5, 5.41) is 12.0. The lowest BCUT2D eigenvalue weighted by Crippen LogP contribution is -2.13. The summed E-state index contributed by atoms with van der Waals surface area (Å²) in [7, 11) is 0. The molecule has 0 unspecified atom stereocenters. The van der Waals surface area contributed by atoms with Crippen LogP contribution in [0.5, 0.6) is 0 Å². The number of aromatic nitrogens is 2. The number of benzene rings is 2. The number of nitriles is 1. The number of amides is 1. The lowest BCUT2D eigenvalue weighted by atomic mass is 10.1. The molecule has 102 valence electrons. The fourth-order valence-corrected chi connectivity index (χ4v) is 2.19. The van der Waals surface area contributed by atoms with Crippen molar-refractivity contribution in [3.8, 4) is 6.07 Å². The van der Waals surface area contributed by atoms with Crippen LogP contribution in [-0.4, -0.2) is 15.9 Å². The number of imidazole rings is 1. The summed E-state index contributed by atoms with van der Waals surface area (Å²) in [4.78, 5) is 19.4. The second-order valence-corrected chi connectivity index (χ2v) is 4.70. The smallest absolute Gasteiger partial charge is 0.255 e. The molecule has 1 amide bonds. The largest absolute Gasteiger partial charge is 0.345 e. The van der Waals surface area contributed by atoms with Gasteiger partial charge in [0.1, 0.15) is 6.07 Å². The molecule has 0 saturated carbocycles. The summed E-state index contributed by atoms with van der Waals surface area (Å²) in [5.74, 6) is -0.256. The van der Waals surface area contributed by atoms with Crippen molar-refractivity contribution in [3.05, 3.63) is 59.4 Å². The topological polar surface area (TPSA) is 81.6 Å². The van der Waals surface area contributed by atoms with Crippen LogP contribution < -0.4 is 5.32 Å². The molecule has 0 aliphatic rings. The van der Waals surface area contributed by atoms with Gasteiger partial charge in [0.2, 0.25) is 0 Å². The minimum atomic E-state index is -0.256. The summed E-state index contributed by atoms with van der Waals surface area (Å²) in [5.41, 5.74) is 3.95. The van der Waals surface area contributed by atoms with E-state index in [0.717, 1.165) is 16.6 Å². The quantitative estimate of drug-likeness (QED) is 0.754. The van der Waals surface area contributed by atoms with Gasteiger partial charge in [-0.05, 0) is 36.8 Å². The van der Waals surface area contributed by atoms with E-state index in [1.165, 1.54) is 0 Å². The van der Waals surface area contributed by atoms with E-state index in [9.17, 15) is 10.1 Å². The zero-order valence-electron chi connectivity index (χ0n) is 11.3. The summed E-state index contributed by atoms with van der Waals surface area (Å²) in [6.07, 6.45) is 1.58. The van der Waals surface area contributed by atoms with Crippen LogP contribution >= 0.6 is 0 Å². The summed E-state index contributed by atoms with van der Waals surface area (Å²) >= 11 is 0. The monoisotopic (exact) mass is 276 g/mol. The molecule has 0 radical (unpaired) electrons. The van der Waals surface area contributed by atoms with Crippen LogP contribution in [0.1, 0.15) is 21.5 Å². The number of aromatic amines is 1. The molecule has 1 heterocycles. The van der Waals surface area contributed by atoms with Crippen LogP contribution in [0.25, 0.3) is 11.0 Å². The molecule has 5 nitrogen and oxygen atoms in total. The van der Waals surface area contributed by atoms with Gasteiger partial charge in [-0.2, -0.15) is 5.26 Å². The Labute approximate surface area is 121 Å². The average Bonchev–Trinajstić information content (AvgIpc) is 2.94. The van der Waals surface area contributed by atoms with E-state index < -0.39 is 0 Å². The zero-order chi connectivity index (χ0) is 14.8. The Kier molecular flexibility index (Phi) is 3.13. The van der Waals surface area contributed by atoms with Gasteiger partial charge in [-0.15, -0.1) is 0 Å². The number of anilines is 1. The Bertz CT molecular complexity index is 873. The van der Waals surface area contributed by atoms with E-state index in [1.54, 1.807) is 30.6 Å². The Balaban J connectivity index is 1.93. The van der Waals surface area contributed by atoms with E-state index in [0.29, 0.717) is 16.8 Å². The number of fused-ring (bicyclic) bond motifs is 1. The molecule has 0 aliphatic carbocycles. The lowest BCUT2D eigenvalue weighted by molar-refractivity contribution is 0.102. The Hall–Kier alpha value is -3.13. The van der Waals surface area contributed by atoms with E-state index in [1.807, 2.05) is 19.1 Å². The van der Waals surface area contributed by atoms with E-state index >= 15 is 0 Å². The lowest BCUT2D eigenvalue weighted by Gasteiger charge is -2.08. The highest BCUT2D eigenvalue weighted by Crippen LogP contribution is 2.20. The Morgan fingerprint density at radius 1 is 1.33 bits per heavy atom. The zero-order valence-corrected chi connectivity index (χ0v) is 11.3. The molecule has 5 heteroatoms. The fourth-order valence-electron chi connectivity index (χ4n) is 2.19. The maximum atomic E-state index is 12.3. The molecule has 0 spiro atoms. The van der Waals surface area contributed by atoms with Crippen LogP contribution in [-0.2, 0) is 0 Å². The second kappa shape index (κ2) is 5.10. The molecule has 1 aromatic heterocycles. The molecule has 3 aromatic rings. The van der Waals surface area contributed by atoms with Gasteiger partial charge in [-0.3, -0.25) is 4.79 Å². The van der Waals surface area contributed by atoms with Crippen molar-refractivity contribution in [1.29, 1.82) is 5.26 Å². The highest BCUT2D eigenvalue weighted by atomic mass is 16.1. The molecular weight excluding hydrogens is 264 g/mol. The predicted molar refractivity (Wildman–Crippen MR) is 79.9 cm³/mol. The first-order valence-electron chi connectivity index (χ1n) is 6.43. The van der Waals surface area contributed by atoms with Gasteiger partial charge in [0, 0.05) is 5.56 Å². The first-order valence-corrected chi connectivity index (χ1v) is 6.43.